The first-order valence-electron chi connectivity index (χ1n) is 7.30. The summed E-state index contributed by atoms with van der Waals surface area (Å²) in [5, 5.41) is 4.35. The first-order chi connectivity index (χ1) is 8.26. The number of piperidine rings is 1. The molecule has 1 heterocycles. The highest BCUT2D eigenvalue weighted by Gasteiger charge is 2.14. The van der Waals surface area contributed by atoms with Gasteiger partial charge >= 0.3 is 0 Å². The van der Waals surface area contributed by atoms with Gasteiger partial charge in [-0.05, 0) is 38.4 Å². The van der Waals surface area contributed by atoms with Gasteiger partial charge in [-0.3, -0.25) is 0 Å². The van der Waals surface area contributed by atoms with Crippen molar-refractivity contribution in [2.24, 2.45) is 5.92 Å². The summed E-state index contributed by atoms with van der Waals surface area (Å²) >= 11 is 2.19. The van der Waals surface area contributed by atoms with Crippen LogP contribution in [0.1, 0.15) is 40.0 Å². The lowest BCUT2D eigenvalue weighted by Crippen LogP contribution is -2.32. The van der Waals surface area contributed by atoms with Gasteiger partial charge in [-0.2, -0.15) is 11.8 Å². The Hall–Kier alpha value is 0.270. The van der Waals surface area contributed by atoms with Gasteiger partial charge < -0.3 is 10.2 Å². The Morgan fingerprint density at radius 1 is 1.29 bits per heavy atom. The Balaban J connectivity index is 2.09. The molecule has 0 aromatic rings. The third-order valence-corrected chi connectivity index (χ3v) is 5.12. The van der Waals surface area contributed by atoms with Crippen molar-refractivity contribution in [1.29, 1.82) is 0 Å². The van der Waals surface area contributed by atoms with Gasteiger partial charge in [-0.1, -0.05) is 27.2 Å². The van der Waals surface area contributed by atoms with Crippen molar-refractivity contribution in [3.63, 3.8) is 0 Å². The van der Waals surface area contributed by atoms with Crippen molar-refractivity contribution < 1.29 is 0 Å². The summed E-state index contributed by atoms with van der Waals surface area (Å²) in [6, 6.07) is 0. The monoisotopic (exact) mass is 258 g/mol. The van der Waals surface area contributed by atoms with Crippen molar-refractivity contribution in [2.45, 2.75) is 45.3 Å². The van der Waals surface area contributed by atoms with E-state index in [0.29, 0.717) is 0 Å². The van der Waals surface area contributed by atoms with E-state index in [2.05, 4.69) is 42.7 Å². The minimum atomic E-state index is 0.846. The van der Waals surface area contributed by atoms with Crippen molar-refractivity contribution in [2.75, 3.05) is 38.5 Å². The molecule has 0 amide bonds. The highest BCUT2D eigenvalue weighted by atomic mass is 32.2. The fourth-order valence-corrected chi connectivity index (χ4v) is 3.52. The van der Waals surface area contributed by atoms with Crippen molar-refractivity contribution in [3.05, 3.63) is 0 Å². The number of thioether (sulfide) groups is 1. The fraction of sp³-hybridized carbons (Fsp3) is 1.00. The molecule has 2 nitrogen and oxygen atoms in total. The minimum absolute atomic E-state index is 0.846. The van der Waals surface area contributed by atoms with Crippen LogP contribution in [0.25, 0.3) is 0 Å². The lowest BCUT2D eigenvalue weighted by Gasteiger charge is -2.26. The van der Waals surface area contributed by atoms with Crippen LogP contribution in [0.4, 0.5) is 0 Å². The number of nitrogens with zero attached hydrogens (tertiary/aromatic N) is 1. The average Bonchev–Trinajstić information content (AvgIpc) is 2.38. The summed E-state index contributed by atoms with van der Waals surface area (Å²) in [6.45, 7) is 13.2. The Bertz CT molecular complexity index is 181. The summed E-state index contributed by atoms with van der Waals surface area (Å²) in [5.74, 6) is 2.16. The molecule has 1 fully saturated rings. The predicted octanol–water partition coefficient (Wildman–Crippen LogP) is 2.84. The maximum absolute atomic E-state index is 3.44. The molecule has 1 saturated heterocycles. The molecule has 0 bridgehead atoms. The van der Waals surface area contributed by atoms with Gasteiger partial charge in [0.1, 0.15) is 0 Å². The lowest BCUT2D eigenvalue weighted by molar-refractivity contribution is 0.259. The van der Waals surface area contributed by atoms with Gasteiger partial charge in [-0.25, -0.2) is 0 Å². The second kappa shape index (κ2) is 9.23. The van der Waals surface area contributed by atoms with Gasteiger partial charge in [0.05, 0.1) is 0 Å². The van der Waals surface area contributed by atoms with Gasteiger partial charge in [0.2, 0.25) is 0 Å². The average molecular weight is 258 g/mol. The van der Waals surface area contributed by atoms with E-state index in [1.54, 1.807) is 0 Å². The van der Waals surface area contributed by atoms with E-state index >= 15 is 0 Å². The normalized spacial score (nSPS) is 19.8. The molecule has 1 aliphatic heterocycles. The first kappa shape index (κ1) is 15.3. The number of nitrogens with one attached hydrogen (secondary N) is 1. The summed E-state index contributed by atoms with van der Waals surface area (Å²) in [4.78, 5) is 2.61. The molecule has 0 saturated carbocycles. The Morgan fingerprint density at radius 2 is 2.00 bits per heavy atom. The fourth-order valence-electron chi connectivity index (χ4n) is 2.26. The van der Waals surface area contributed by atoms with Gasteiger partial charge in [0.15, 0.2) is 0 Å². The van der Waals surface area contributed by atoms with Crippen molar-refractivity contribution in [1.82, 2.24) is 10.2 Å². The predicted molar refractivity (Wildman–Crippen MR) is 79.9 cm³/mol. The van der Waals surface area contributed by atoms with Crippen LogP contribution < -0.4 is 5.32 Å². The van der Waals surface area contributed by atoms with Crippen LogP contribution in [0.3, 0.4) is 0 Å². The maximum atomic E-state index is 3.44. The van der Waals surface area contributed by atoms with E-state index in [-0.39, 0.29) is 0 Å². The van der Waals surface area contributed by atoms with Crippen molar-refractivity contribution >= 4 is 11.8 Å². The molecule has 0 radical (unpaired) electrons. The smallest absolute Gasteiger partial charge is 0.00724 e. The molecule has 1 rings (SSSR count). The van der Waals surface area contributed by atoms with Crippen LogP contribution in [0.5, 0.6) is 0 Å². The number of hydrogen-bond donors (Lipinski definition) is 1. The zero-order valence-corrected chi connectivity index (χ0v) is 12.7. The van der Waals surface area contributed by atoms with Crippen LogP contribution >= 0.6 is 11.8 Å². The van der Waals surface area contributed by atoms with Gasteiger partial charge in [0, 0.05) is 24.1 Å². The molecule has 1 N–H and O–H groups in total. The molecule has 1 aliphatic rings. The van der Waals surface area contributed by atoms with Crippen LogP contribution in [-0.2, 0) is 0 Å². The Kier molecular flexibility index (Phi) is 8.33. The quantitative estimate of drug-likeness (QED) is 0.721. The zero-order valence-electron chi connectivity index (χ0n) is 11.9. The number of hydrogen-bond acceptors (Lipinski definition) is 3. The van der Waals surface area contributed by atoms with E-state index in [4.69, 9.17) is 0 Å². The van der Waals surface area contributed by atoms with Crippen LogP contribution in [0.2, 0.25) is 0 Å². The highest BCUT2D eigenvalue weighted by molar-refractivity contribution is 7.99. The highest BCUT2D eigenvalue weighted by Crippen LogP contribution is 2.20. The topological polar surface area (TPSA) is 15.3 Å². The molecule has 1 unspecified atom stereocenters. The molecule has 0 aromatic carbocycles. The molecular formula is C14H30N2S. The molecular weight excluding hydrogens is 228 g/mol. The molecule has 0 aromatic heterocycles. The minimum Gasteiger partial charge on any atom is -0.317 e. The summed E-state index contributed by atoms with van der Waals surface area (Å²) in [5.41, 5.74) is 0. The number of rotatable bonds is 8. The zero-order chi connectivity index (χ0) is 12.5. The second-order valence-corrected chi connectivity index (χ2v) is 6.64. The van der Waals surface area contributed by atoms with Crippen LogP contribution in [0, 0.1) is 5.92 Å². The molecule has 0 spiro atoms. The Morgan fingerprint density at radius 3 is 2.59 bits per heavy atom. The molecule has 3 heteroatoms. The maximum Gasteiger partial charge on any atom is 0.00724 e. The standard InChI is InChI=1S/C14H30N2S/c1-4-13(3)12-16(5-2)10-11-17-14-6-8-15-9-7-14/h13-15H,4-12H2,1-3H3. The van der Waals surface area contributed by atoms with E-state index in [1.165, 1.54) is 57.7 Å². The first-order valence-corrected chi connectivity index (χ1v) is 8.35. The largest absolute Gasteiger partial charge is 0.317 e. The van der Waals surface area contributed by atoms with Gasteiger partial charge in [-0.15, -0.1) is 0 Å². The van der Waals surface area contributed by atoms with E-state index in [1.807, 2.05) is 0 Å². The Labute approximate surface area is 112 Å². The third kappa shape index (κ3) is 6.68. The molecule has 17 heavy (non-hydrogen) atoms. The van der Waals surface area contributed by atoms with Crippen molar-refractivity contribution in [3.8, 4) is 0 Å². The summed E-state index contributed by atoms with van der Waals surface area (Å²) in [6.07, 6.45) is 4.03. The third-order valence-electron chi connectivity index (χ3n) is 3.76. The molecule has 0 aliphatic carbocycles. The SMILES string of the molecule is CCC(C)CN(CC)CCSC1CCNCC1. The van der Waals surface area contributed by atoms with E-state index in [9.17, 15) is 0 Å². The van der Waals surface area contributed by atoms with Crippen LogP contribution in [-0.4, -0.2) is 48.6 Å². The lowest BCUT2D eigenvalue weighted by atomic mass is 10.1. The van der Waals surface area contributed by atoms with E-state index in [0.717, 1.165) is 11.2 Å². The summed E-state index contributed by atoms with van der Waals surface area (Å²) in [7, 11) is 0. The van der Waals surface area contributed by atoms with E-state index < -0.39 is 0 Å². The van der Waals surface area contributed by atoms with Crippen LogP contribution in [0.15, 0.2) is 0 Å². The van der Waals surface area contributed by atoms with Gasteiger partial charge in [0.25, 0.3) is 0 Å². The molecule has 102 valence electrons. The second-order valence-electron chi connectivity index (χ2n) is 5.23. The molecule has 1 atom stereocenters. The summed E-state index contributed by atoms with van der Waals surface area (Å²) < 4.78 is 0.